The Kier molecular flexibility index (Phi) is 5.13. The zero-order valence-corrected chi connectivity index (χ0v) is 11.9. The minimum absolute atomic E-state index is 0.0123. The van der Waals surface area contributed by atoms with Gasteiger partial charge in [0.1, 0.15) is 0 Å². The van der Waals surface area contributed by atoms with Gasteiger partial charge in [-0.05, 0) is 13.8 Å². The van der Waals surface area contributed by atoms with Gasteiger partial charge < -0.3 is 19.5 Å². The quantitative estimate of drug-likeness (QED) is 0.793. The van der Waals surface area contributed by atoms with E-state index < -0.39 is 11.2 Å². The van der Waals surface area contributed by atoms with Crippen molar-refractivity contribution in [2.75, 3.05) is 33.9 Å². The molecule has 1 aliphatic heterocycles. The molecule has 1 amide bonds. The van der Waals surface area contributed by atoms with Crippen molar-refractivity contribution >= 4 is 5.91 Å². The highest BCUT2D eigenvalue weighted by atomic mass is 16.5. The second-order valence-electron chi connectivity index (χ2n) is 5.73. The summed E-state index contributed by atoms with van der Waals surface area (Å²) in [4.78, 5) is 13.6. The molecule has 1 fully saturated rings. The van der Waals surface area contributed by atoms with E-state index in [-0.39, 0.29) is 5.91 Å². The number of ether oxygens (including phenoxy) is 2. The fourth-order valence-electron chi connectivity index (χ4n) is 2.01. The van der Waals surface area contributed by atoms with Crippen LogP contribution in [0.4, 0.5) is 0 Å². The first-order valence-electron chi connectivity index (χ1n) is 6.37. The normalized spacial score (nSPS) is 19.6. The van der Waals surface area contributed by atoms with E-state index in [1.165, 1.54) is 0 Å². The lowest BCUT2D eigenvalue weighted by molar-refractivity contribution is -0.141. The number of amides is 1. The highest BCUT2D eigenvalue weighted by Gasteiger charge is 2.33. The molecule has 0 aromatic rings. The molecule has 5 heteroatoms. The van der Waals surface area contributed by atoms with Gasteiger partial charge in [0.2, 0.25) is 5.91 Å². The molecular formula is C13H25NO4. The van der Waals surface area contributed by atoms with E-state index in [1.807, 2.05) is 13.8 Å². The summed E-state index contributed by atoms with van der Waals surface area (Å²) in [6.07, 6.45) is 1.48. The van der Waals surface area contributed by atoms with Gasteiger partial charge in [-0.25, -0.2) is 0 Å². The fraction of sp³-hybridized carbons (Fsp3) is 0.923. The van der Waals surface area contributed by atoms with Crippen LogP contribution in [0.15, 0.2) is 0 Å². The highest BCUT2D eigenvalue weighted by Crippen LogP contribution is 2.22. The van der Waals surface area contributed by atoms with Crippen molar-refractivity contribution < 1.29 is 19.4 Å². The lowest BCUT2D eigenvalue weighted by atomic mass is 9.93. The topological polar surface area (TPSA) is 59.0 Å². The minimum atomic E-state index is -0.806. The van der Waals surface area contributed by atoms with Crippen LogP contribution in [0.1, 0.15) is 33.1 Å². The molecular weight excluding hydrogens is 234 g/mol. The first kappa shape index (κ1) is 15.4. The number of aliphatic hydroxyl groups is 1. The minimum Gasteiger partial charge on any atom is -0.388 e. The SMILES string of the molecule is COC(C)(C)CC(=O)N(C)CC1(O)CCOCC1. The Bertz CT molecular complexity index is 285. The van der Waals surface area contributed by atoms with Crippen LogP contribution in [0.2, 0.25) is 0 Å². The van der Waals surface area contributed by atoms with E-state index in [0.29, 0.717) is 39.0 Å². The third kappa shape index (κ3) is 4.55. The van der Waals surface area contributed by atoms with E-state index in [2.05, 4.69) is 0 Å². The van der Waals surface area contributed by atoms with Crippen molar-refractivity contribution in [3.8, 4) is 0 Å². The number of hydrogen-bond donors (Lipinski definition) is 1. The molecule has 0 aromatic carbocycles. The van der Waals surface area contributed by atoms with Gasteiger partial charge in [-0.2, -0.15) is 0 Å². The summed E-state index contributed by atoms with van der Waals surface area (Å²) in [5.41, 5.74) is -1.27. The number of carbonyl (C=O) groups is 1. The van der Waals surface area contributed by atoms with Crippen LogP contribution in [0.3, 0.4) is 0 Å². The second kappa shape index (κ2) is 5.99. The Labute approximate surface area is 109 Å². The predicted molar refractivity (Wildman–Crippen MR) is 68.3 cm³/mol. The smallest absolute Gasteiger partial charge is 0.225 e. The molecule has 0 unspecified atom stereocenters. The number of hydrogen-bond acceptors (Lipinski definition) is 4. The molecule has 0 atom stereocenters. The number of rotatable bonds is 5. The average molecular weight is 259 g/mol. The standard InChI is InChI=1S/C13H25NO4/c1-12(2,17-4)9-11(15)14(3)10-13(16)5-7-18-8-6-13/h16H,5-10H2,1-4H3. The molecule has 0 aliphatic carbocycles. The Morgan fingerprint density at radius 2 is 2.00 bits per heavy atom. The largest absolute Gasteiger partial charge is 0.388 e. The van der Waals surface area contributed by atoms with Crippen molar-refractivity contribution in [2.45, 2.75) is 44.3 Å². The van der Waals surface area contributed by atoms with Gasteiger partial charge in [0.25, 0.3) is 0 Å². The Morgan fingerprint density at radius 3 is 2.50 bits per heavy atom. The van der Waals surface area contributed by atoms with Gasteiger partial charge in [0.15, 0.2) is 0 Å². The van der Waals surface area contributed by atoms with Crippen molar-refractivity contribution in [1.29, 1.82) is 0 Å². The number of nitrogens with zero attached hydrogens (tertiary/aromatic N) is 1. The van der Waals surface area contributed by atoms with Crippen LogP contribution in [0.5, 0.6) is 0 Å². The number of carbonyl (C=O) groups excluding carboxylic acids is 1. The van der Waals surface area contributed by atoms with Crippen LogP contribution < -0.4 is 0 Å². The molecule has 1 saturated heterocycles. The van der Waals surface area contributed by atoms with Gasteiger partial charge in [0.05, 0.1) is 17.6 Å². The van der Waals surface area contributed by atoms with Crippen LogP contribution >= 0.6 is 0 Å². The van der Waals surface area contributed by atoms with E-state index in [4.69, 9.17) is 9.47 Å². The van der Waals surface area contributed by atoms with Gasteiger partial charge in [-0.1, -0.05) is 0 Å². The van der Waals surface area contributed by atoms with Crippen molar-refractivity contribution in [2.24, 2.45) is 0 Å². The fourth-order valence-corrected chi connectivity index (χ4v) is 2.01. The average Bonchev–Trinajstić information content (AvgIpc) is 2.28. The van der Waals surface area contributed by atoms with Crippen LogP contribution in [-0.4, -0.2) is 61.0 Å². The Balaban J connectivity index is 2.49. The van der Waals surface area contributed by atoms with E-state index in [1.54, 1.807) is 19.1 Å². The van der Waals surface area contributed by atoms with Crippen molar-refractivity contribution in [3.05, 3.63) is 0 Å². The molecule has 1 rings (SSSR count). The summed E-state index contributed by atoms with van der Waals surface area (Å²) in [6, 6.07) is 0. The molecule has 5 nitrogen and oxygen atoms in total. The van der Waals surface area contributed by atoms with E-state index in [9.17, 15) is 9.90 Å². The van der Waals surface area contributed by atoms with Crippen molar-refractivity contribution in [1.82, 2.24) is 4.90 Å². The summed E-state index contributed by atoms with van der Waals surface area (Å²) in [5, 5.41) is 10.3. The maximum absolute atomic E-state index is 12.0. The van der Waals surface area contributed by atoms with Gasteiger partial charge in [-0.3, -0.25) is 4.79 Å². The third-order valence-electron chi connectivity index (χ3n) is 3.51. The predicted octanol–water partition coefficient (Wildman–Crippen LogP) is 0.801. The molecule has 106 valence electrons. The molecule has 18 heavy (non-hydrogen) atoms. The molecule has 1 heterocycles. The Morgan fingerprint density at radius 1 is 1.44 bits per heavy atom. The molecule has 0 spiro atoms. The lowest BCUT2D eigenvalue weighted by Gasteiger charge is -2.36. The Hall–Kier alpha value is -0.650. The molecule has 0 saturated carbocycles. The summed E-state index contributed by atoms with van der Waals surface area (Å²) in [6.45, 7) is 5.23. The van der Waals surface area contributed by atoms with Crippen LogP contribution in [-0.2, 0) is 14.3 Å². The van der Waals surface area contributed by atoms with Crippen molar-refractivity contribution in [3.63, 3.8) is 0 Å². The number of methoxy groups -OCH3 is 1. The first-order chi connectivity index (χ1) is 8.28. The summed E-state index contributed by atoms with van der Waals surface area (Å²) < 4.78 is 10.5. The summed E-state index contributed by atoms with van der Waals surface area (Å²) in [7, 11) is 3.32. The molecule has 0 radical (unpaired) electrons. The molecule has 1 aliphatic rings. The van der Waals surface area contributed by atoms with Crippen LogP contribution in [0.25, 0.3) is 0 Å². The summed E-state index contributed by atoms with van der Waals surface area (Å²) in [5.74, 6) is -0.0123. The van der Waals surface area contributed by atoms with Gasteiger partial charge in [-0.15, -0.1) is 0 Å². The third-order valence-corrected chi connectivity index (χ3v) is 3.51. The van der Waals surface area contributed by atoms with Crippen LogP contribution in [0, 0.1) is 0 Å². The van der Waals surface area contributed by atoms with Gasteiger partial charge >= 0.3 is 0 Å². The number of likely N-dealkylation sites (N-methyl/N-ethyl adjacent to an activating group) is 1. The zero-order valence-electron chi connectivity index (χ0n) is 11.9. The first-order valence-corrected chi connectivity index (χ1v) is 6.37. The van der Waals surface area contributed by atoms with Gasteiger partial charge in [0, 0.05) is 46.8 Å². The van der Waals surface area contributed by atoms with E-state index in [0.717, 1.165) is 0 Å². The highest BCUT2D eigenvalue weighted by molar-refractivity contribution is 5.77. The lowest BCUT2D eigenvalue weighted by Crippen LogP contribution is -2.48. The molecule has 0 bridgehead atoms. The maximum Gasteiger partial charge on any atom is 0.225 e. The second-order valence-corrected chi connectivity index (χ2v) is 5.73. The summed E-state index contributed by atoms with van der Waals surface area (Å²) >= 11 is 0. The zero-order chi connectivity index (χ0) is 13.8. The molecule has 0 aromatic heterocycles. The monoisotopic (exact) mass is 259 g/mol. The van der Waals surface area contributed by atoms with E-state index >= 15 is 0 Å². The molecule has 1 N–H and O–H groups in total. The maximum atomic E-state index is 12.0.